The highest BCUT2D eigenvalue weighted by molar-refractivity contribution is 7.05. The summed E-state index contributed by atoms with van der Waals surface area (Å²) < 4.78 is 8.91. The Labute approximate surface area is 102 Å². The third-order valence-electron chi connectivity index (χ3n) is 2.31. The van der Waals surface area contributed by atoms with Crippen LogP contribution >= 0.6 is 11.5 Å². The van der Waals surface area contributed by atoms with Gasteiger partial charge in [-0.1, -0.05) is 11.4 Å². The molecule has 0 fully saturated rings. The van der Waals surface area contributed by atoms with E-state index in [0.29, 0.717) is 22.9 Å². The summed E-state index contributed by atoms with van der Waals surface area (Å²) in [6, 6.07) is 0. The van der Waals surface area contributed by atoms with Gasteiger partial charge in [0.05, 0.1) is 17.7 Å². The normalized spacial score (nSPS) is 12.4. The first-order valence-corrected chi connectivity index (χ1v) is 5.89. The maximum absolute atomic E-state index is 10.3. The number of ether oxygens (including phenoxy) is 1. The third kappa shape index (κ3) is 2.25. The van der Waals surface area contributed by atoms with Gasteiger partial charge in [0.25, 0.3) is 0 Å². The molecule has 1 N–H and O–H groups in total. The third-order valence-corrected chi connectivity index (χ3v) is 3.13. The lowest BCUT2D eigenvalue weighted by Crippen LogP contribution is -2.06. The lowest BCUT2D eigenvalue weighted by atomic mass is 10.1. The molecule has 7 heteroatoms. The van der Waals surface area contributed by atoms with Crippen molar-refractivity contribution in [3.05, 3.63) is 28.7 Å². The van der Waals surface area contributed by atoms with Gasteiger partial charge in [0.15, 0.2) is 0 Å². The molecule has 1 atom stereocenters. The van der Waals surface area contributed by atoms with Crippen molar-refractivity contribution in [1.82, 2.24) is 19.6 Å². The van der Waals surface area contributed by atoms with Gasteiger partial charge >= 0.3 is 0 Å². The van der Waals surface area contributed by atoms with Crippen molar-refractivity contribution in [2.75, 3.05) is 7.11 Å². The first kappa shape index (κ1) is 11.9. The maximum atomic E-state index is 10.3. The van der Waals surface area contributed by atoms with Crippen molar-refractivity contribution in [3.8, 4) is 5.88 Å². The topological polar surface area (TPSA) is 81.0 Å². The van der Waals surface area contributed by atoms with Crippen LogP contribution in [0.5, 0.6) is 5.88 Å². The van der Waals surface area contributed by atoms with E-state index in [1.165, 1.54) is 19.5 Å². The van der Waals surface area contributed by atoms with Crippen LogP contribution in [0.3, 0.4) is 0 Å². The van der Waals surface area contributed by atoms with Crippen molar-refractivity contribution in [2.45, 2.75) is 19.4 Å². The number of methoxy groups -OCH3 is 1. The Balaban J connectivity index is 2.40. The Morgan fingerprint density at radius 2 is 2.18 bits per heavy atom. The Morgan fingerprint density at radius 1 is 1.41 bits per heavy atom. The molecule has 0 saturated carbocycles. The summed E-state index contributed by atoms with van der Waals surface area (Å²) in [6.07, 6.45) is 2.85. The molecule has 17 heavy (non-hydrogen) atoms. The molecule has 0 saturated heterocycles. The molecule has 6 nitrogen and oxygen atoms in total. The maximum Gasteiger partial charge on any atom is 0.238 e. The molecule has 2 rings (SSSR count). The zero-order valence-electron chi connectivity index (χ0n) is 9.49. The summed E-state index contributed by atoms with van der Waals surface area (Å²) in [5.41, 5.74) is 1.16. The van der Waals surface area contributed by atoms with E-state index in [1.54, 1.807) is 0 Å². The predicted octanol–water partition coefficient (Wildman–Crippen LogP) is 0.981. The van der Waals surface area contributed by atoms with E-state index in [1.807, 2.05) is 6.92 Å². The Bertz CT molecular complexity index is 503. The molecule has 0 aliphatic carbocycles. The fourth-order valence-electron chi connectivity index (χ4n) is 1.47. The minimum Gasteiger partial charge on any atom is -0.480 e. The highest BCUT2D eigenvalue weighted by atomic mass is 32.1. The van der Waals surface area contributed by atoms with Crippen LogP contribution in [-0.4, -0.2) is 31.8 Å². The average molecular weight is 252 g/mol. The van der Waals surface area contributed by atoms with Crippen LogP contribution in [0.4, 0.5) is 0 Å². The minimum atomic E-state index is -0.895. The van der Waals surface area contributed by atoms with Gasteiger partial charge < -0.3 is 9.84 Å². The van der Waals surface area contributed by atoms with Crippen molar-refractivity contribution >= 4 is 11.5 Å². The van der Waals surface area contributed by atoms with Crippen LogP contribution in [0.25, 0.3) is 0 Å². The number of rotatable bonds is 4. The van der Waals surface area contributed by atoms with Gasteiger partial charge in [0.2, 0.25) is 5.88 Å². The van der Waals surface area contributed by atoms with Gasteiger partial charge in [-0.25, -0.2) is 4.98 Å². The molecule has 0 bridgehead atoms. The summed E-state index contributed by atoms with van der Waals surface area (Å²) in [5.74, 6) is 0.315. The van der Waals surface area contributed by atoms with Crippen molar-refractivity contribution < 1.29 is 9.84 Å². The molecule has 0 aromatic carbocycles. The summed E-state index contributed by atoms with van der Waals surface area (Å²) in [7, 11) is 1.49. The van der Waals surface area contributed by atoms with Gasteiger partial charge in [-0.2, -0.15) is 0 Å². The number of hydrogen-bond donors (Lipinski definition) is 1. The van der Waals surface area contributed by atoms with Gasteiger partial charge in [0.1, 0.15) is 11.8 Å². The number of nitrogens with zero attached hydrogens (tertiary/aromatic N) is 4. The molecule has 0 aliphatic rings. The smallest absolute Gasteiger partial charge is 0.238 e. The summed E-state index contributed by atoms with van der Waals surface area (Å²) in [5, 5.41) is 14.2. The SMILES string of the molecule is CCc1nnsc1C(O)c1nccnc1OC. The van der Waals surface area contributed by atoms with Gasteiger partial charge in [-0.15, -0.1) is 5.10 Å². The highest BCUT2D eigenvalue weighted by Crippen LogP contribution is 2.29. The predicted molar refractivity (Wildman–Crippen MR) is 61.9 cm³/mol. The standard InChI is InChI=1S/C10H12N4O2S/c1-3-6-9(17-14-13-6)8(15)7-10(16-2)12-5-4-11-7/h4-5,8,15H,3H2,1-2H3. The summed E-state index contributed by atoms with van der Waals surface area (Å²) in [6.45, 7) is 1.96. The van der Waals surface area contributed by atoms with E-state index in [9.17, 15) is 5.11 Å². The van der Waals surface area contributed by atoms with Crippen LogP contribution < -0.4 is 4.74 Å². The lowest BCUT2D eigenvalue weighted by molar-refractivity contribution is 0.210. The van der Waals surface area contributed by atoms with E-state index in [-0.39, 0.29) is 0 Å². The first-order chi connectivity index (χ1) is 8.27. The van der Waals surface area contributed by atoms with Gasteiger partial charge in [0, 0.05) is 12.4 Å². The molecule has 0 radical (unpaired) electrons. The largest absolute Gasteiger partial charge is 0.480 e. The van der Waals surface area contributed by atoms with Crippen molar-refractivity contribution in [2.24, 2.45) is 0 Å². The average Bonchev–Trinajstić information content (AvgIpc) is 2.86. The van der Waals surface area contributed by atoms with E-state index in [0.717, 1.165) is 17.2 Å². The molecule has 0 aliphatic heterocycles. The second-order valence-electron chi connectivity index (χ2n) is 3.29. The molecule has 2 heterocycles. The Morgan fingerprint density at radius 3 is 2.88 bits per heavy atom. The molecule has 90 valence electrons. The second-order valence-corrected chi connectivity index (χ2v) is 4.08. The Kier molecular flexibility index (Phi) is 3.60. The number of aliphatic hydroxyl groups excluding tert-OH is 1. The van der Waals surface area contributed by atoms with Crippen LogP contribution in [0.2, 0.25) is 0 Å². The number of aromatic nitrogens is 4. The molecule has 2 aromatic rings. The second kappa shape index (κ2) is 5.15. The highest BCUT2D eigenvalue weighted by Gasteiger charge is 2.23. The molecule has 2 aromatic heterocycles. The Hall–Kier alpha value is -1.60. The first-order valence-electron chi connectivity index (χ1n) is 5.12. The molecule has 0 spiro atoms. The van der Waals surface area contributed by atoms with Crippen LogP contribution in [-0.2, 0) is 6.42 Å². The quantitative estimate of drug-likeness (QED) is 0.873. The number of aryl methyl sites for hydroxylation is 1. The van der Waals surface area contributed by atoms with Crippen LogP contribution in [0.15, 0.2) is 12.4 Å². The zero-order chi connectivity index (χ0) is 12.3. The molecule has 1 unspecified atom stereocenters. The molecule has 0 amide bonds. The fraction of sp³-hybridized carbons (Fsp3) is 0.400. The fourth-order valence-corrected chi connectivity index (χ4v) is 2.20. The van der Waals surface area contributed by atoms with E-state index in [4.69, 9.17) is 4.74 Å². The van der Waals surface area contributed by atoms with Gasteiger partial charge in [-0.05, 0) is 18.0 Å². The van der Waals surface area contributed by atoms with Crippen molar-refractivity contribution in [3.63, 3.8) is 0 Å². The van der Waals surface area contributed by atoms with E-state index in [2.05, 4.69) is 19.6 Å². The molecular formula is C10H12N4O2S. The van der Waals surface area contributed by atoms with E-state index < -0.39 is 6.10 Å². The minimum absolute atomic E-state index is 0.315. The molecular weight excluding hydrogens is 240 g/mol. The van der Waals surface area contributed by atoms with E-state index >= 15 is 0 Å². The summed E-state index contributed by atoms with van der Waals surface area (Å²) in [4.78, 5) is 8.78. The monoisotopic (exact) mass is 252 g/mol. The van der Waals surface area contributed by atoms with Crippen molar-refractivity contribution in [1.29, 1.82) is 0 Å². The number of aliphatic hydroxyl groups is 1. The lowest BCUT2D eigenvalue weighted by Gasteiger charge is -2.11. The number of hydrogen-bond acceptors (Lipinski definition) is 7. The zero-order valence-corrected chi connectivity index (χ0v) is 10.3. The van der Waals surface area contributed by atoms with Gasteiger partial charge in [-0.3, -0.25) is 4.98 Å². The summed E-state index contributed by atoms with van der Waals surface area (Å²) >= 11 is 1.16. The van der Waals surface area contributed by atoms with Crippen LogP contribution in [0, 0.1) is 0 Å². The van der Waals surface area contributed by atoms with Crippen LogP contribution in [0.1, 0.15) is 29.3 Å².